The molecule has 6 nitrogen and oxygen atoms in total. The molecule has 0 radical (unpaired) electrons. The van der Waals surface area contributed by atoms with Crippen LogP contribution in [0.5, 0.6) is 0 Å². The van der Waals surface area contributed by atoms with Gasteiger partial charge in [-0.05, 0) is 45.4 Å². The number of nitrogens with one attached hydrogen (secondary N) is 2. The number of amides is 2. The average Bonchev–Trinajstić information content (AvgIpc) is 2.60. The van der Waals surface area contributed by atoms with Crippen LogP contribution in [0.25, 0.3) is 0 Å². The minimum atomic E-state index is -0.592. The first kappa shape index (κ1) is 20.8. The zero-order valence-electron chi connectivity index (χ0n) is 16.0. The molecule has 2 rings (SSSR count). The number of anilines is 1. The first-order valence-electron chi connectivity index (χ1n) is 8.62. The third-order valence-corrected chi connectivity index (χ3v) is 4.56. The number of hydrogen-bond acceptors (Lipinski definition) is 5. The maximum absolute atomic E-state index is 12.3. The van der Waals surface area contributed by atoms with Crippen molar-refractivity contribution in [3.05, 3.63) is 59.9 Å². The van der Waals surface area contributed by atoms with E-state index in [1.54, 1.807) is 39.1 Å². The number of carbonyl (C=O) groups excluding carboxylic acids is 2. The molecule has 2 amide bonds. The number of carbonyl (C=O) groups is 2. The fourth-order valence-electron chi connectivity index (χ4n) is 2.23. The Morgan fingerprint density at radius 1 is 1.15 bits per heavy atom. The normalized spacial score (nSPS) is 12.1. The van der Waals surface area contributed by atoms with Crippen LogP contribution < -0.4 is 10.6 Å². The van der Waals surface area contributed by atoms with E-state index < -0.39 is 17.1 Å². The highest BCUT2D eigenvalue weighted by Crippen LogP contribution is 2.27. The van der Waals surface area contributed by atoms with E-state index in [9.17, 15) is 9.59 Å². The van der Waals surface area contributed by atoms with Gasteiger partial charge in [-0.3, -0.25) is 9.78 Å². The molecule has 0 spiro atoms. The van der Waals surface area contributed by atoms with Crippen molar-refractivity contribution < 1.29 is 14.3 Å². The topological polar surface area (TPSA) is 80.3 Å². The first-order chi connectivity index (χ1) is 12.7. The molecule has 0 saturated carbocycles. The number of ether oxygens (including phenoxy) is 1. The lowest BCUT2D eigenvalue weighted by Crippen LogP contribution is -2.34. The summed E-state index contributed by atoms with van der Waals surface area (Å²) in [4.78, 5) is 28.6. The van der Waals surface area contributed by atoms with Gasteiger partial charge in [-0.15, -0.1) is 11.8 Å². The van der Waals surface area contributed by atoms with Crippen molar-refractivity contribution in [1.29, 1.82) is 0 Å². The van der Waals surface area contributed by atoms with Gasteiger partial charge in [0.15, 0.2) is 0 Å². The van der Waals surface area contributed by atoms with Gasteiger partial charge >= 0.3 is 6.09 Å². The molecule has 0 aliphatic rings. The van der Waals surface area contributed by atoms with Crippen LogP contribution in [0.2, 0.25) is 0 Å². The number of pyridine rings is 1. The predicted molar refractivity (Wildman–Crippen MR) is 109 cm³/mol. The van der Waals surface area contributed by atoms with E-state index in [-0.39, 0.29) is 11.7 Å². The molecule has 0 aliphatic heterocycles. The van der Waals surface area contributed by atoms with Gasteiger partial charge in [0.2, 0.25) is 5.91 Å². The number of thioether (sulfide) groups is 1. The van der Waals surface area contributed by atoms with Crippen LogP contribution in [-0.2, 0) is 9.53 Å². The monoisotopic (exact) mass is 387 g/mol. The summed E-state index contributed by atoms with van der Waals surface area (Å²) in [5.41, 5.74) is 1.73. The lowest BCUT2D eigenvalue weighted by atomic mass is 10.2. The third kappa shape index (κ3) is 7.30. The molecule has 2 aromatic rings. The zero-order chi connectivity index (χ0) is 19.9. The summed E-state index contributed by atoms with van der Waals surface area (Å²) in [5, 5.41) is 5.27. The van der Waals surface area contributed by atoms with Gasteiger partial charge < -0.3 is 15.4 Å². The predicted octanol–water partition coefficient (Wildman–Crippen LogP) is 4.29. The first-order valence-corrected chi connectivity index (χ1v) is 9.67. The van der Waals surface area contributed by atoms with E-state index in [0.29, 0.717) is 5.69 Å². The molecule has 144 valence electrons. The van der Waals surface area contributed by atoms with Crippen molar-refractivity contribution >= 4 is 29.4 Å². The molecule has 1 heterocycles. The van der Waals surface area contributed by atoms with Gasteiger partial charge in [0.25, 0.3) is 0 Å². The smallest absolute Gasteiger partial charge is 0.408 e. The van der Waals surface area contributed by atoms with E-state index in [2.05, 4.69) is 15.6 Å². The van der Waals surface area contributed by atoms with Crippen molar-refractivity contribution in [3.63, 3.8) is 0 Å². The molecule has 0 saturated heterocycles. The maximum Gasteiger partial charge on any atom is 0.408 e. The van der Waals surface area contributed by atoms with Crippen molar-refractivity contribution in [1.82, 2.24) is 10.3 Å². The molecule has 0 unspecified atom stereocenters. The van der Waals surface area contributed by atoms with Gasteiger partial charge in [0.05, 0.1) is 17.1 Å². The Balaban J connectivity index is 2.00. The summed E-state index contributed by atoms with van der Waals surface area (Å²) in [7, 11) is 0. The molecule has 1 aromatic heterocycles. The Hall–Kier alpha value is -2.54. The maximum atomic E-state index is 12.3. The van der Waals surface area contributed by atoms with E-state index in [0.717, 1.165) is 11.3 Å². The largest absolute Gasteiger partial charge is 0.444 e. The fourth-order valence-corrected chi connectivity index (χ4v) is 3.14. The van der Waals surface area contributed by atoms with Gasteiger partial charge in [-0.25, -0.2) is 4.79 Å². The third-order valence-electron chi connectivity index (χ3n) is 3.41. The van der Waals surface area contributed by atoms with Crippen LogP contribution in [0, 0.1) is 6.92 Å². The Morgan fingerprint density at radius 3 is 2.48 bits per heavy atom. The Morgan fingerprint density at radius 2 is 1.85 bits per heavy atom. The molecule has 27 heavy (non-hydrogen) atoms. The number of alkyl carbamates (subject to hydrolysis) is 1. The SMILES string of the molecule is Cc1ncccc1NC(=O)CS[C@H](NC(=O)OC(C)(C)C)c1ccccc1. The zero-order valence-corrected chi connectivity index (χ0v) is 16.8. The van der Waals surface area contributed by atoms with Gasteiger partial charge in [0.1, 0.15) is 11.0 Å². The number of rotatable bonds is 6. The molecule has 0 fully saturated rings. The van der Waals surface area contributed by atoms with E-state index in [4.69, 9.17) is 4.74 Å². The number of aryl methyl sites for hydroxylation is 1. The van der Waals surface area contributed by atoms with Crippen molar-refractivity contribution in [2.24, 2.45) is 0 Å². The van der Waals surface area contributed by atoms with E-state index in [1.807, 2.05) is 37.3 Å². The summed E-state index contributed by atoms with van der Waals surface area (Å²) in [6, 6.07) is 13.1. The number of nitrogens with zero attached hydrogens (tertiary/aromatic N) is 1. The minimum Gasteiger partial charge on any atom is -0.444 e. The number of hydrogen-bond donors (Lipinski definition) is 2. The van der Waals surface area contributed by atoms with Gasteiger partial charge in [-0.2, -0.15) is 0 Å². The standard InChI is InChI=1S/C20H25N3O3S/c1-14-16(11-8-12-21-14)22-17(24)13-27-18(15-9-6-5-7-10-15)23-19(25)26-20(2,3)4/h5-12,18H,13H2,1-4H3,(H,22,24)(H,23,25)/t18-/m0/s1. The molecule has 0 bridgehead atoms. The molecular weight excluding hydrogens is 362 g/mol. The molecule has 1 atom stereocenters. The van der Waals surface area contributed by atoms with Crippen LogP contribution in [0.4, 0.5) is 10.5 Å². The highest BCUT2D eigenvalue weighted by molar-refractivity contribution is 8.00. The van der Waals surface area contributed by atoms with Crippen molar-refractivity contribution in [3.8, 4) is 0 Å². The summed E-state index contributed by atoms with van der Waals surface area (Å²) in [5.74, 6) is 0.00646. The van der Waals surface area contributed by atoms with Crippen molar-refractivity contribution in [2.45, 2.75) is 38.7 Å². The average molecular weight is 388 g/mol. The quantitative estimate of drug-likeness (QED) is 0.723. The van der Waals surface area contributed by atoms with Crippen LogP contribution in [0.1, 0.15) is 37.4 Å². The molecule has 1 aromatic carbocycles. The van der Waals surface area contributed by atoms with E-state index >= 15 is 0 Å². The highest BCUT2D eigenvalue weighted by Gasteiger charge is 2.21. The summed E-state index contributed by atoms with van der Waals surface area (Å²) in [6.07, 6.45) is 1.16. The Kier molecular flexibility index (Phi) is 7.24. The molecule has 2 N–H and O–H groups in total. The lowest BCUT2D eigenvalue weighted by molar-refractivity contribution is -0.113. The second-order valence-corrected chi connectivity index (χ2v) is 8.03. The van der Waals surface area contributed by atoms with Crippen LogP contribution in [-0.4, -0.2) is 28.3 Å². The number of aromatic nitrogens is 1. The highest BCUT2D eigenvalue weighted by atomic mass is 32.2. The summed E-state index contributed by atoms with van der Waals surface area (Å²) in [6.45, 7) is 7.25. The minimum absolute atomic E-state index is 0.164. The Labute approximate surface area is 164 Å². The second kappa shape index (κ2) is 9.41. The Bertz CT molecular complexity index is 776. The fraction of sp³-hybridized carbons (Fsp3) is 0.350. The van der Waals surface area contributed by atoms with Gasteiger partial charge in [-0.1, -0.05) is 30.3 Å². The molecule has 7 heteroatoms. The van der Waals surface area contributed by atoms with Crippen LogP contribution in [0.3, 0.4) is 0 Å². The van der Waals surface area contributed by atoms with E-state index in [1.165, 1.54) is 11.8 Å². The van der Waals surface area contributed by atoms with Gasteiger partial charge in [0, 0.05) is 6.20 Å². The lowest BCUT2D eigenvalue weighted by Gasteiger charge is -2.23. The molecule has 0 aliphatic carbocycles. The summed E-state index contributed by atoms with van der Waals surface area (Å²) >= 11 is 1.32. The summed E-state index contributed by atoms with van der Waals surface area (Å²) < 4.78 is 5.34. The number of benzene rings is 1. The van der Waals surface area contributed by atoms with Crippen LogP contribution >= 0.6 is 11.8 Å². The van der Waals surface area contributed by atoms with Crippen molar-refractivity contribution in [2.75, 3.05) is 11.1 Å². The molecular formula is C20H25N3O3S. The second-order valence-electron chi connectivity index (χ2n) is 6.93. The van der Waals surface area contributed by atoms with Crippen LogP contribution in [0.15, 0.2) is 48.7 Å².